The van der Waals surface area contributed by atoms with Crippen LogP contribution in [0.2, 0.25) is 0 Å². The minimum absolute atomic E-state index is 0.201. The molecule has 4 aliphatic heterocycles. The number of hydrogen-bond acceptors (Lipinski definition) is 14. The number of nitriles is 1. The third-order valence-electron chi connectivity index (χ3n) is 11.2. The highest BCUT2D eigenvalue weighted by molar-refractivity contribution is 7.18. The second-order valence-electron chi connectivity index (χ2n) is 14.8. The van der Waals surface area contributed by atoms with Crippen molar-refractivity contribution in [1.29, 1.82) is 5.26 Å². The molecule has 0 bridgehead atoms. The highest BCUT2D eigenvalue weighted by atomic mass is 32.1. The molecule has 0 aliphatic carbocycles. The molecule has 2 atom stereocenters. The van der Waals surface area contributed by atoms with Crippen molar-refractivity contribution in [3.8, 4) is 28.0 Å². The molecule has 0 spiro atoms. The van der Waals surface area contributed by atoms with Gasteiger partial charge in [0.25, 0.3) is 0 Å². The molecule has 9 heterocycles. The lowest BCUT2D eigenvalue weighted by atomic mass is 9.92. The van der Waals surface area contributed by atoms with Crippen LogP contribution in [0.1, 0.15) is 49.1 Å². The van der Waals surface area contributed by atoms with Gasteiger partial charge in [0.1, 0.15) is 11.9 Å². The van der Waals surface area contributed by atoms with Crippen molar-refractivity contribution in [3.63, 3.8) is 0 Å². The predicted molar refractivity (Wildman–Crippen MR) is 208 cm³/mol. The van der Waals surface area contributed by atoms with Crippen molar-refractivity contribution in [2.75, 3.05) is 74.1 Å². The Labute approximate surface area is 322 Å². The molecule has 0 radical (unpaired) electrons. The third kappa shape index (κ3) is 7.47. The summed E-state index contributed by atoms with van der Waals surface area (Å²) in [6, 6.07) is 14.3. The first-order chi connectivity index (χ1) is 27.0. The van der Waals surface area contributed by atoms with E-state index in [9.17, 15) is 14.9 Å². The number of nitrogens with zero attached hydrogens (tertiary/aromatic N) is 10. The van der Waals surface area contributed by atoms with E-state index in [1.807, 2.05) is 41.0 Å². The summed E-state index contributed by atoms with van der Waals surface area (Å²) < 4.78 is 7.44. The minimum atomic E-state index is -0.312. The molecule has 2 N–H and O–H groups in total. The molecule has 0 aromatic carbocycles. The molecule has 4 aliphatic rings. The Morgan fingerprint density at radius 3 is 2.60 bits per heavy atom. The predicted octanol–water partition coefficient (Wildman–Crippen LogP) is 3.94. The normalized spacial score (nSPS) is 21.2. The molecule has 4 fully saturated rings. The number of pyridine rings is 2. The molecule has 282 valence electrons. The number of fused-ring (bicyclic) bond motifs is 1. The van der Waals surface area contributed by atoms with Gasteiger partial charge in [-0.2, -0.15) is 10.4 Å². The smallest absolute Gasteiger partial charge is 0.234 e. The third-order valence-corrected chi connectivity index (χ3v) is 12.2. The maximum Gasteiger partial charge on any atom is 0.234 e. The van der Waals surface area contributed by atoms with Crippen LogP contribution in [0, 0.1) is 17.2 Å². The quantitative estimate of drug-likeness (QED) is 0.208. The number of ether oxygens (including phenoxy) is 1. The molecule has 0 saturated carbocycles. The van der Waals surface area contributed by atoms with Crippen molar-refractivity contribution >= 4 is 45.3 Å². The first kappa shape index (κ1) is 35.2. The topological polar surface area (TPSA) is 170 Å². The van der Waals surface area contributed by atoms with E-state index in [1.165, 1.54) is 0 Å². The van der Waals surface area contributed by atoms with Crippen LogP contribution in [0.25, 0.3) is 27.5 Å². The van der Waals surface area contributed by atoms with Gasteiger partial charge in [0.2, 0.25) is 16.9 Å². The van der Waals surface area contributed by atoms with Gasteiger partial charge in [-0.25, -0.2) is 9.50 Å². The van der Waals surface area contributed by atoms with Crippen LogP contribution >= 0.6 is 11.3 Å². The van der Waals surface area contributed by atoms with Gasteiger partial charge in [-0.05, 0) is 67.5 Å². The van der Waals surface area contributed by atoms with E-state index in [2.05, 4.69) is 52.8 Å². The summed E-state index contributed by atoms with van der Waals surface area (Å²) in [5, 5.41) is 31.1. The first-order valence-corrected chi connectivity index (χ1v) is 19.9. The Kier molecular flexibility index (Phi) is 9.81. The number of aromatic nitrogens is 6. The van der Waals surface area contributed by atoms with Gasteiger partial charge in [-0.1, -0.05) is 17.4 Å². The Morgan fingerprint density at radius 2 is 1.80 bits per heavy atom. The number of piperidine rings is 1. The molecular weight excluding hydrogens is 717 g/mol. The lowest BCUT2D eigenvalue weighted by molar-refractivity contribution is -0.134. The molecular formula is C39H42N12O3S. The summed E-state index contributed by atoms with van der Waals surface area (Å²) in [6.07, 6.45) is 9.11. The molecule has 5 aromatic heterocycles. The Morgan fingerprint density at radius 1 is 0.927 bits per heavy atom. The number of carbonyl (C=O) groups excluding carboxylic acids is 2. The van der Waals surface area contributed by atoms with Gasteiger partial charge in [-0.15, -0.1) is 10.2 Å². The molecule has 5 aromatic rings. The van der Waals surface area contributed by atoms with Gasteiger partial charge in [0.05, 0.1) is 40.1 Å². The molecule has 0 unspecified atom stereocenters. The van der Waals surface area contributed by atoms with Gasteiger partial charge in [0.15, 0.2) is 5.01 Å². The van der Waals surface area contributed by atoms with Crippen LogP contribution in [0.5, 0.6) is 0 Å². The van der Waals surface area contributed by atoms with Gasteiger partial charge in [0, 0.05) is 89.6 Å². The van der Waals surface area contributed by atoms with Crippen LogP contribution < -0.4 is 20.4 Å². The van der Waals surface area contributed by atoms with Crippen molar-refractivity contribution in [2.24, 2.45) is 5.92 Å². The fraction of sp³-hybridized carbons (Fsp3) is 0.436. The largest absolute Gasteiger partial charge is 0.381 e. The Balaban J connectivity index is 0.830. The van der Waals surface area contributed by atoms with E-state index in [0.717, 1.165) is 128 Å². The standard InChI is InChI=1S/C39H42N12O3S/c40-19-26-17-29-2-4-34(51(29)43-20-26)33-18-32(44-28-8-15-54-16-9-28)31(22-41-33)38-46-47-39(55-38)49-13-11-48(12-14-49)23-25-7-10-50(24-25)35-5-1-27(21-42-35)30-3-6-36(52)45-37(30)53/h1-2,4-5,17-18,20-22,25,28,30H,3,6-16,23-24H2,(H,41,44)(H,45,52,53)/t25-,30-/m1/s1. The number of rotatable bonds is 9. The summed E-state index contributed by atoms with van der Waals surface area (Å²) in [5.41, 5.74) is 5.72. The number of hydrogen-bond donors (Lipinski definition) is 2. The van der Waals surface area contributed by atoms with Crippen LogP contribution in [-0.2, 0) is 14.3 Å². The number of amides is 2. The summed E-state index contributed by atoms with van der Waals surface area (Å²) in [7, 11) is 0. The van der Waals surface area contributed by atoms with E-state index in [1.54, 1.807) is 23.7 Å². The maximum absolute atomic E-state index is 12.3. The second-order valence-corrected chi connectivity index (χ2v) is 15.7. The number of imide groups is 1. The van der Waals surface area contributed by atoms with Crippen molar-refractivity contribution in [3.05, 3.63) is 66.1 Å². The second kappa shape index (κ2) is 15.3. The molecule has 9 rings (SSSR count). The minimum Gasteiger partial charge on any atom is -0.381 e. The fourth-order valence-electron chi connectivity index (χ4n) is 8.13. The first-order valence-electron chi connectivity index (χ1n) is 19.1. The summed E-state index contributed by atoms with van der Waals surface area (Å²) in [4.78, 5) is 40.7. The Hall–Kier alpha value is -5.50. The zero-order valence-corrected chi connectivity index (χ0v) is 31.2. The van der Waals surface area contributed by atoms with Gasteiger partial charge in [-0.3, -0.25) is 24.8 Å². The highest BCUT2D eigenvalue weighted by Gasteiger charge is 2.31. The fourth-order valence-corrected chi connectivity index (χ4v) is 9.05. The van der Waals surface area contributed by atoms with Gasteiger partial charge >= 0.3 is 0 Å². The average Bonchev–Trinajstić information content (AvgIpc) is 3.99. The van der Waals surface area contributed by atoms with E-state index in [0.29, 0.717) is 24.3 Å². The number of piperazine rings is 1. The average molecular weight is 759 g/mol. The van der Waals surface area contributed by atoms with Crippen LogP contribution in [0.4, 0.5) is 16.6 Å². The maximum atomic E-state index is 12.3. The monoisotopic (exact) mass is 758 g/mol. The SMILES string of the molecule is N#Cc1cnn2c(-c3cc(NC4CCOCC4)c(-c4nnc(N5CCN(C[C@H]6CCN(c7ccc([C@H]8CCC(=O)NC8=O)cn7)C6)CC5)s4)cn3)ccc2c1. The van der Waals surface area contributed by atoms with E-state index in [4.69, 9.17) is 14.7 Å². The van der Waals surface area contributed by atoms with Crippen molar-refractivity contribution < 1.29 is 14.3 Å². The zero-order chi connectivity index (χ0) is 37.3. The van der Waals surface area contributed by atoms with E-state index in [-0.39, 0.29) is 23.8 Å². The van der Waals surface area contributed by atoms with Crippen molar-refractivity contribution in [1.82, 2.24) is 40.0 Å². The molecule has 16 heteroatoms. The van der Waals surface area contributed by atoms with Crippen LogP contribution in [-0.4, -0.2) is 112 Å². The number of nitrogens with one attached hydrogen (secondary N) is 2. The lowest BCUT2D eigenvalue weighted by Crippen LogP contribution is -2.48. The van der Waals surface area contributed by atoms with Crippen LogP contribution in [0.15, 0.2) is 55.0 Å². The van der Waals surface area contributed by atoms with Crippen molar-refractivity contribution in [2.45, 2.75) is 44.1 Å². The van der Waals surface area contributed by atoms with E-state index < -0.39 is 0 Å². The zero-order valence-electron chi connectivity index (χ0n) is 30.4. The van der Waals surface area contributed by atoms with Gasteiger partial charge < -0.3 is 19.9 Å². The Bertz CT molecular complexity index is 2240. The molecule has 15 nitrogen and oxygen atoms in total. The lowest BCUT2D eigenvalue weighted by Gasteiger charge is -2.35. The number of anilines is 3. The molecule has 2 amide bonds. The number of carbonyl (C=O) groups is 2. The summed E-state index contributed by atoms with van der Waals surface area (Å²) in [5.74, 6) is 0.759. The summed E-state index contributed by atoms with van der Waals surface area (Å²) >= 11 is 1.60. The molecule has 4 saturated heterocycles. The highest BCUT2D eigenvalue weighted by Crippen LogP contribution is 2.37. The van der Waals surface area contributed by atoms with E-state index >= 15 is 0 Å². The summed E-state index contributed by atoms with van der Waals surface area (Å²) in [6.45, 7) is 8.14. The van der Waals surface area contributed by atoms with Crippen LogP contribution in [0.3, 0.4) is 0 Å². The molecule has 55 heavy (non-hydrogen) atoms.